The number of carbonyl (C=O) groups is 1. The summed E-state index contributed by atoms with van der Waals surface area (Å²) in [5.41, 5.74) is 1.63. The van der Waals surface area contributed by atoms with E-state index in [1.54, 1.807) is 24.8 Å². The van der Waals surface area contributed by atoms with Crippen LogP contribution in [0.2, 0.25) is 0 Å². The Labute approximate surface area is 150 Å². The van der Waals surface area contributed by atoms with E-state index in [4.69, 9.17) is 4.18 Å². The van der Waals surface area contributed by atoms with Gasteiger partial charge in [0.1, 0.15) is 5.75 Å². The molecule has 0 bridgehead atoms. The molecule has 0 atom stereocenters. The molecule has 1 saturated carbocycles. The maximum absolute atomic E-state index is 12.0. The molecule has 6 nitrogen and oxygen atoms in total. The normalized spacial score (nSPS) is 14.2. The summed E-state index contributed by atoms with van der Waals surface area (Å²) in [6.45, 7) is 9.19. The first kappa shape index (κ1) is 19.6. The molecule has 0 aromatic heterocycles. The molecule has 140 valence electrons. The molecule has 1 aromatic rings. The van der Waals surface area contributed by atoms with Gasteiger partial charge in [0.25, 0.3) is 0 Å². The number of carbonyl (C=O) groups excluding carboxylic acids is 1. The summed E-state index contributed by atoms with van der Waals surface area (Å²) >= 11 is 0. The Balaban J connectivity index is 2.37. The molecule has 0 unspecified atom stereocenters. The van der Waals surface area contributed by atoms with Crippen molar-refractivity contribution in [3.63, 3.8) is 0 Å². The zero-order valence-electron chi connectivity index (χ0n) is 15.5. The zero-order valence-corrected chi connectivity index (χ0v) is 16.3. The molecule has 0 saturated heterocycles. The average Bonchev–Trinajstić information content (AvgIpc) is 3.39. The molecule has 1 fully saturated rings. The van der Waals surface area contributed by atoms with Crippen LogP contribution in [0, 0.1) is 0 Å². The molecule has 2 rings (SSSR count). The Morgan fingerprint density at radius 3 is 2.32 bits per heavy atom. The second-order valence-electron chi connectivity index (χ2n) is 6.27. The van der Waals surface area contributed by atoms with E-state index < -0.39 is 10.1 Å². The monoisotopic (exact) mass is 368 g/mol. The van der Waals surface area contributed by atoms with Crippen molar-refractivity contribution in [2.75, 3.05) is 23.7 Å². The smallest absolute Gasteiger partial charge is 0.308 e. The fourth-order valence-corrected chi connectivity index (χ4v) is 3.35. The second-order valence-corrected chi connectivity index (χ2v) is 8.13. The molecular formula is C18H28N2O4S. The largest absolute Gasteiger partial charge is 0.382 e. The van der Waals surface area contributed by atoms with E-state index in [-0.39, 0.29) is 17.7 Å². The summed E-state index contributed by atoms with van der Waals surface area (Å²) in [6.07, 6.45) is 2.00. The predicted molar refractivity (Wildman–Crippen MR) is 99.3 cm³/mol. The Morgan fingerprint density at radius 1 is 1.20 bits per heavy atom. The van der Waals surface area contributed by atoms with Crippen LogP contribution in [0.25, 0.3) is 0 Å². The summed E-state index contributed by atoms with van der Waals surface area (Å²) in [5, 5.41) is 0. The quantitative estimate of drug-likeness (QED) is 0.627. The van der Waals surface area contributed by atoms with Gasteiger partial charge in [0.2, 0.25) is 5.91 Å². The van der Waals surface area contributed by atoms with Crippen molar-refractivity contribution >= 4 is 21.7 Å². The van der Waals surface area contributed by atoms with Crippen LogP contribution in [0.15, 0.2) is 18.2 Å². The lowest BCUT2D eigenvalue weighted by Crippen LogP contribution is -2.30. The highest BCUT2D eigenvalue weighted by Crippen LogP contribution is 2.33. The minimum atomic E-state index is -3.63. The Hall–Kier alpha value is -1.76. The van der Waals surface area contributed by atoms with Gasteiger partial charge in [-0.25, -0.2) is 0 Å². The van der Waals surface area contributed by atoms with Crippen molar-refractivity contribution in [3.05, 3.63) is 23.8 Å². The first-order chi connectivity index (χ1) is 11.8. The van der Waals surface area contributed by atoms with Crippen LogP contribution in [0.4, 0.5) is 5.69 Å². The second kappa shape index (κ2) is 8.08. The summed E-state index contributed by atoms with van der Waals surface area (Å²) < 4.78 is 29.3. The molecule has 1 aliphatic rings. The van der Waals surface area contributed by atoms with Crippen LogP contribution in [0.3, 0.4) is 0 Å². The van der Waals surface area contributed by atoms with Gasteiger partial charge in [-0.1, -0.05) is 6.07 Å². The molecule has 1 amide bonds. The maximum atomic E-state index is 12.0. The number of hydrogen-bond acceptors (Lipinski definition) is 5. The van der Waals surface area contributed by atoms with Gasteiger partial charge in [-0.3, -0.25) is 4.79 Å². The van der Waals surface area contributed by atoms with Crippen molar-refractivity contribution in [3.8, 4) is 5.75 Å². The third-order valence-corrected chi connectivity index (χ3v) is 5.62. The SMILES string of the molecule is CCN(CC)c1ccc(CN(C(C)=O)C2CC2)c(OS(=O)(=O)CC)c1. The van der Waals surface area contributed by atoms with E-state index in [1.165, 1.54) is 0 Å². The number of anilines is 1. The molecule has 0 N–H and O–H groups in total. The van der Waals surface area contributed by atoms with Gasteiger partial charge in [0.15, 0.2) is 0 Å². The van der Waals surface area contributed by atoms with Crippen molar-refractivity contribution in [1.82, 2.24) is 4.90 Å². The standard InChI is InChI=1S/C18H28N2O4S/c1-5-19(6-2)17-9-8-15(13-20(14(4)21)16-10-11-16)18(12-17)24-25(22,23)7-3/h8-9,12,16H,5-7,10-11,13H2,1-4H3. The maximum Gasteiger partial charge on any atom is 0.308 e. The lowest BCUT2D eigenvalue weighted by Gasteiger charge is -2.25. The zero-order chi connectivity index (χ0) is 18.6. The Morgan fingerprint density at radius 2 is 1.84 bits per heavy atom. The highest BCUT2D eigenvalue weighted by atomic mass is 32.2. The van der Waals surface area contributed by atoms with Gasteiger partial charge >= 0.3 is 10.1 Å². The van der Waals surface area contributed by atoms with Gasteiger partial charge in [-0.2, -0.15) is 8.42 Å². The topological polar surface area (TPSA) is 66.9 Å². The fourth-order valence-electron chi connectivity index (χ4n) is 2.80. The number of nitrogens with zero attached hydrogens (tertiary/aromatic N) is 2. The van der Waals surface area contributed by atoms with Gasteiger partial charge in [0.05, 0.1) is 5.75 Å². The van der Waals surface area contributed by atoms with Gasteiger partial charge < -0.3 is 14.0 Å². The highest BCUT2D eigenvalue weighted by Gasteiger charge is 2.31. The lowest BCUT2D eigenvalue weighted by molar-refractivity contribution is -0.130. The molecule has 1 aromatic carbocycles. The van der Waals surface area contributed by atoms with Crippen LogP contribution in [-0.4, -0.2) is 44.1 Å². The minimum absolute atomic E-state index is 0.000354. The van der Waals surface area contributed by atoms with E-state index in [1.807, 2.05) is 26.0 Å². The molecule has 0 aliphatic heterocycles. The number of hydrogen-bond donors (Lipinski definition) is 0. The molecule has 0 spiro atoms. The number of rotatable bonds is 9. The molecule has 25 heavy (non-hydrogen) atoms. The van der Waals surface area contributed by atoms with Crippen molar-refractivity contribution in [1.29, 1.82) is 0 Å². The lowest BCUT2D eigenvalue weighted by atomic mass is 10.1. The van der Waals surface area contributed by atoms with Crippen molar-refractivity contribution in [2.24, 2.45) is 0 Å². The van der Waals surface area contributed by atoms with E-state index in [0.29, 0.717) is 12.3 Å². The van der Waals surface area contributed by atoms with Crippen LogP contribution in [0.5, 0.6) is 5.75 Å². The average molecular weight is 368 g/mol. The first-order valence-electron chi connectivity index (χ1n) is 8.88. The molecule has 0 radical (unpaired) electrons. The van der Waals surface area contributed by atoms with Crippen LogP contribution >= 0.6 is 0 Å². The van der Waals surface area contributed by atoms with Gasteiger partial charge in [0, 0.05) is 49.9 Å². The third kappa shape index (κ3) is 5.11. The molecule has 0 heterocycles. The molecule has 1 aliphatic carbocycles. The van der Waals surface area contributed by atoms with E-state index in [9.17, 15) is 13.2 Å². The van der Waals surface area contributed by atoms with Crippen molar-refractivity contribution < 1.29 is 17.4 Å². The highest BCUT2D eigenvalue weighted by molar-refractivity contribution is 7.87. The fraction of sp³-hybridized carbons (Fsp3) is 0.611. The Kier molecular flexibility index (Phi) is 6.32. The van der Waals surface area contributed by atoms with E-state index in [2.05, 4.69) is 4.90 Å². The van der Waals surface area contributed by atoms with E-state index in [0.717, 1.165) is 37.2 Å². The minimum Gasteiger partial charge on any atom is -0.382 e. The summed E-state index contributed by atoms with van der Waals surface area (Å²) in [4.78, 5) is 15.8. The number of benzene rings is 1. The van der Waals surface area contributed by atoms with Gasteiger partial charge in [-0.15, -0.1) is 0 Å². The Bertz CT molecular complexity index is 710. The molecular weight excluding hydrogens is 340 g/mol. The van der Waals surface area contributed by atoms with E-state index >= 15 is 0 Å². The van der Waals surface area contributed by atoms with Crippen LogP contribution in [0.1, 0.15) is 46.1 Å². The summed E-state index contributed by atoms with van der Waals surface area (Å²) in [7, 11) is -3.63. The van der Waals surface area contributed by atoms with Crippen molar-refractivity contribution in [2.45, 2.75) is 53.1 Å². The van der Waals surface area contributed by atoms with Crippen LogP contribution in [-0.2, 0) is 21.5 Å². The third-order valence-electron chi connectivity index (χ3n) is 4.48. The predicted octanol–water partition coefficient (Wildman–Crippen LogP) is 2.77. The summed E-state index contributed by atoms with van der Waals surface area (Å²) in [5.74, 6) is 0.221. The first-order valence-corrected chi connectivity index (χ1v) is 10.5. The van der Waals surface area contributed by atoms with Gasteiger partial charge in [-0.05, 0) is 39.7 Å². The summed E-state index contributed by atoms with van der Waals surface area (Å²) in [6, 6.07) is 5.85. The number of amides is 1. The van der Waals surface area contributed by atoms with Crippen LogP contribution < -0.4 is 9.08 Å². The molecule has 7 heteroatoms.